The van der Waals surface area contributed by atoms with Crippen molar-refractivity contribution in [2.24, 2.45) is 0 Å². The van der Waals surface area contributed by atoms with E-state index in [4.69, 9.17) is 0 Å². The molecule has 0 heterocycles. The molecule has 18 heavy (non-hydrogen) atoms. The number of hydrogen-bond donors (Lipinski definition) is 2. The molecule has 0 bridgehead atoms. The fourth-order valence-corrected chi connectivity index (χ4v) is 1.95. The Morgan fingerprint density at radius 2 is 1.89 bits per heavy atom. The average molecular weight is 248 g/mol. The highest BCUT2D eigenvalue weighted by molar-refractivity contribution is 5.78. The van der Waals surface area contributed by atoms with Gasteiger partial charge >= 0.3 is 0 Å². The topological polar surface area (TPSA) is 41.1 Å². The Hall–Kier alpha value is -1.51. The monoisotopic (exact) mass is 248 g/mol. The van der Waals surface area contributed by atoms with Crippen molar-refractivity contribution in [3.63, 3.8) is 0 Å². The summed E-state index contributed by atoms with van der Waals surface area (Å²) in [6.07, 6.45) is 2.81. The maximum absolute atomic E-state index is 11.4. The van der Waals surface area contributed by atoms with Crippen molar-refractivity contribution in [1.29, 1.82) is 0 Å². The van der Waals surface area contributed by atoms with Gasteiger partial charge in [0, 0.05) is 18.3 Å². The summed E-state index contributed by atoms with van der Waals surface area (Å²) in [5.74, 6) is 0.0811. The van der Waals surface area contributed by atoms with Gasteiger partial charge in [0.05, 0.1) is 6.42 Å². The molecule has 1 aromatic rings. The van der Waals surface area contributed by atoms with Crippen LogP contribution in [-0.4, -0.2) is 18.5 Å². The van der Waals surface area contributed by atoms with Gasteiger partial charge in [-0.15, -0.1) is 0 Å². The maximum Gasteiger partial charge on any atom is 0.224 e. The van der Waals surface area contributed by atoms with Crippen LogP contribution in [0.3, 0.4) is 0 Å². The van der Waals surface area contributed by atoms with Crippen LogP contribution in [-0.2, 0) is 11.2 Å². The zero-order chi connectivity index (χ0) is 13.4. The standard InChI is InChI=1S/C15H24N2O/c1-4-6-12(3)17-14-9-7-13(8-10-14)11-15(18)16-5-2/h7-10,12,17H,4-6,11H2,1-3H3,(H,16,18). The van der Waals surface area contributed by atoms with E-state index in [1.54, 1.807) is 0 Å². The van der Waals surface area contributed by atoms with Gasteiger partial charge in [-0.1, -0.05) is 25.5 Å². The Balaban J connectivity index is 2.49. The van der Waals surface area contributed by atoms with Crippen molar-refractivity contribution < 1.29 is 4.79 Å². The van der Waals surface area contributed by atoms with Crippen LogP contribution in [0.15, 0.2) is 24.3 Å². The summed E-state index contributed by atoms with van der Waals surface area (Å²) in [6.45, 7) is 6.99. The molecule has 1 amide bonds. The lowest BCUT2D eigenvalue weighted by molar-refractivity contribution is -0.120. The summed E-state index contributed by atoms with van der Waals surface area (Å²) in [5.41, 5.74) is 2.17. The molecule has 0 aliphatic carbocycles. The highest BCUT2D eigenvalue weighted by Crippen LogP contribution is 2.12. The third kappa shape index (κ3) is 5.21. The van der Waals surface area contributed by atoms with E-state index >= 15 is 0 Å². The number of anilines is 1. The van der Waals surface area contributed by atoms with Crippen molar-refractivity contribution >= 4 is 11.6 Å². The first-order valence-electron chi connectivity index (χ1n) is 6.77. The average Bonchev–Trinajstić information content (AvgIpc) is 2.32. The summed E-state index contributed by atoms with van der Waals surface area (Å²) >= 11 is 0. The van der Waals surface area contributed by atoms with Gasteiger partial charge in [-0.05, 0) is 38.0 Å². The van der Waals surface area contributed by atoms with Gasteiger partial charge in [0.1, 0.15) is 0 Å². The Morgan fingerprint density at radius 3 is 2.44 bits per heavy atom. The lowest BCUT2D eigenvalue weighted by atomic mass is 10.1. The molecule has 0 aromatic heterocycles. The van der Waals surface area contributed by atoms with E-state index in [2.05, 4.69) is 24.5 Å². The van der Waals surface area contributed by atoms with Gasteiger partial charge in [-0.2, -0.15) is 0 Å². The highest BCUT2D eigenvalue weighted by Gasteiger charge is 2.03. The van der Waals surface area contributed by atoms with Gasteiger partial charge in [0.25, 0.3) is 0 Å². The molecule has 2 N–H and O–H groups in total. The third-order valence-corrected chi connectivity index (χ3v) is 2.83. The molecule has 0 fully saturated rings. The van der Waals surface area contributed by atoms with Crippen molar-refractivity contribution in [3.05, 3.63) is 29.8 Å². The quantitative estimate of drug-likeness (QED) is 0.779. The van der Waals surface area contributed by atoms with E-state index in [-0.39, 0.29) is 5.91 Å². The molecule has 3 nitrogen and oxygen atoms in total. The van der Waals surface area contributed by atoms with Crippen molar-refractivity contribution in [3.8, 4) is 0 Å². The van der Waals surface area contributed by atoms with Crippen LogP contribution in [0.1, 0.15) is 39.2 Å². The molecule has 0 saturated carbocycles. The first-order chi connectivity index (χ1) is 8.65. The number of carbonyl (C=O) groups is 1. The van der Waals surface area contributed by atoms with E-state index in [0.29, 0.717) is 19.0 Å². The van der Waals surface area contributed by atoms with E-state index in [1.165, 1.54) is 12.8 Å². The summed E-state index contributed by atoms with van der Waals surface area (Å²) in [6, 6.07) is 8.60. The number of rotatable bonds is 7. The lowest BCUT2D eigenvalue weighted by Gasteiger charge is -2.14. The number of hydrogen-bond acceptors (Lipinski definition) is 2. The molecule has 0 aliphatic rings. The van der Waals surface area contributed by atoms with Crippen molar-refractivity contribution in [2.75, 3.05) is 11.9 Å². The normalized spacial score (nSPS) is 11.9. The van der Waals surface area contributed by atoms with E-state index < -0.39 is 0 Å². The van der Waals surface area contributed by atoms with E-state index in [9.17, 15) is 4.79 Å². The second kappa shape index (κ2) is 7.75. The number of carbonyl (C=O) groups excluding carboxylic acids is 1. The maximum atomic E-state index is 11.4. The van der Waals surface area contributed by atoms with Crippen LogP contribution in [0.2, 0.25) is 0 Å². The molecular formula is C15H24N2O. The minimum atomic E-state index is 0.0811. The van der Waals surface area contributed by atoms with Gasteiger partial charge in [0.2, 0.25) is 5.91 Å². The minimum Gasteiger partial charge on any atom is -0.383 e. The molecule has 0 radical (unpaired) electrons. The summed E-state index contributed by atoms with van der Waals surface area (Å²) in [5, 5.41) is 6.25. The van der Waals surface area contributed by atoms with Crippen molar-refractivity contribution in [2.45, 2.75) is 46.1 Å². The smallest absolute Gasteiger partial charge is 0.224 e. The molecular weight excluding hydrogens is 224 g/mol. The second-order valence-corrected chi connectivity index (χ2v) is 4.66. The van der Waals surface area contributed by atoms with Crippen molar-refractivity contribution in [1.82, 2.24) is 5.32 Å². The molecule has 100 valence electrons. The fourth-order valence-electron chi connectivity index (χ4n) is 1.95. The highest BCUT2D eigenvalue weighted by atomic mass is 16.1. The van der Waals surface area contributed by atoms with Gasteiger partial charge in [-0.3, -0.25) is 4.79 Å². The van der Waals surface area contributed by atoms with Crippen LogP contribution in [0.4, 0.5) is 5.69 Å². The molecule has 0 spiro atoms. The second-order valence-electron chi connectivity index (χ2n) is 4.66. The Labute approximate surface area is 110 Å². The zero-order valence-electron chi connectivity index (χ0n) is 11.6. The Bertz CT molecular complexity index is 359. The fraction of sp³-hybridized carbons (Fsp3) is 0.533. The first-order valence-corrected chi connectivity index (χ1v) is 6.77. The molecule has 1 atom stereocenters. The minimum absolute atomic E-state index is 0.0811. The summed E-state index contributed by atoms with van der Waals surface area (Å²) in [7, 11) is 0. The molecule has 0 aliphatic heterocycles. The number of nitrogens with one attached hydrogen (secondary N) is 2. The van der Waals surface area contributed by atoms with Gasteiger partial charge < -0.3 is 10.6 Å². The van der Waals surface area contributed by atoms with E-state index in [1.807, 2.05) is 31.2 Å². The Morgan fingerprint density at radius 1 is 1.22 bits per heavy atom. The number of amides is 1. The molecule has 1 unspecified atom stereocenters. The van der Waals surface area contributed by atoms with Gasteiger partial charge in [0.15, 0.2) is 0 Å². The number of benzene rings is 1. The molecule has 3 heteroatoms. The number of likely N-dealkylation sites (N-methyl/N-ethyl adjacent to an activating group) is 1. The predicted molar refractivity (Wildman–Crippen MR) is 76.8 cm³/mol. The van der Waals surface area contributed by atoms with E-state index in [0.717, 1.165) is 11.3 Å². The molecule has 1 aromatic carbocycles. The summed E-state index contributed by atoms with van der Waals surface area (Å²) in [4.78, 5) is 11.4. The first kappa shape index (κ1) is 14.6. The molecule has 1 rings (SSSR count). The third-order valence-electron chi connectivity index (χ3n) is 2.83. The van der Waals surface area contributed by atoms with Gasteiger partial charge in [-0.25, -0.2) is 0 Å². The van der Waals surface area contributed by atoms with Crippen LogP contribution in [0.25, 0.3) is 0 Å². The molecule has 0 saturated heterocycles. The van der Waals surface area contributed by atoms with Crippen LogP contribution >= 0.6 is 0 Å². The Kier molecular flexibility index (Phi) is 6.26. The zero-order valence-corrected chi connectivity index (χ0v) is 11.6. The lowest BCUT2D eigenvalue weighted by Crippen LogP contribution is -2.24. The summed E-state index contributed by atoms with van der Waals surface area (Å²) < 4.78 is 0. The van der Waals surface area contributed by atoms with Crippen LogP contribution in [0.5, 0.6) is 0 Å². The largest absolute Gasteiger partial charge is 0.383 e. The SMILES string of the molecule is CCCC(C)Nc1ccc(CC(=O)NCC)cc1. The van der Waals surface area contributed by atoms with Crippen LogP contribution in [0, 0.1) is 0 Å². The van der Waals surface area contributed by atoms with Crippen LogP contribution < -0.4 is 10.6 Å². The predicted octanol–water partition coefficient (Wildman–Crippen LogP) is 2.97.